The summed E-state index contributed by atoms with van der Waals surface area (Å²) in [5.41, 5.74) is 1.83. The van der Waals surface area contributed by atoms with Crippen LogP contribution in [0, 0.1) is 0 Å². The van der Waals surface area contributed by atoms with Gasteiger partial charge in [0.1, 0.15) is 12.6 Å². The van der Waals surface area contributed by atoms with E-state index in [1.165, 1.54) is 19.0 Å². The number of nitrogens with zero attached hydrogens (tertiary/aromatic N) is 3. The summed E-state index contributed by atoms with van der Waals surface area (Å²) in [6.45, 7) is 1.87. The van der Waals surface area contributed by atoms with Gasteiger partial charge < -0.3 is 10.2 Å². The zero-order chi connectivity index (χ0) is 29.3. The van der Waals surface area contributed by atoms with Gasteiger partial charge in [0.25, 0.3) is 0 Å². The molecule has 0 spiro atoms. The van der Waals surface area contributed by atoms with Gasteiger partial charge in [-0.2, -0.15) is 12.7 Å². The van der Waals surface area contributed by atoms with Gasteiger partial charge in [-0.1, -0.05) is 84.7 Å². The lowest BCUT2D eigenvalue weighted by Gasteiger charge is -2.34. The minimum Gasteiger partial charge on any atom is -0.354 e. The third-order valence-electron chi connectivity index (χ3n) is 6.22. The third kappa shape index (κ3) is 8.20. The quantitative estimate of drug-likeness (QED) is 0.304. The molecule has 0 aliphatic rings. The van der Waals surface area contributed by atoms with E-state index in [0.717, 1.165) is 14.2 Å². The highest BCUT2D eigenvalue weighted by Crippen LogP contribution is 2.25. The molecule has 0 saturated carbocycles. The Morgan fingerprint density at radius 2 is 1.50 bits per heavy atom. The maximum Gasteiger partial charge on any atom is 0.304 e. The molecule has 0 heterocycles. The number of hydrogen-bond acceptors (Lipinski definition) is 4. The van der Waals surface area contributed by atoms with E-state index in [0.29, 0.717) is 34.3 Å². The molecule has 0 aliphatic heterocycles. The van der Waals surface area contributed by atoms with Crippen molar-refractivity contribution in [3.8, 4) is 0 Å². The Bertz CT molecular complexity index is 1390. The summed E-state index contributed by atoms with van der Waals surface area (Å²) in [6.07, 6.45) is 0.947. The molecule has 0 aromatic heterocycles. The Morgan fingerprint density at radius 1 is 0.875 bits per heavy atom. The number of halogens is 2. The van der Waals surface area contributed by atoms with E-state index < -0.39 is 28.7 Å². The first kappa shape index (κ1) is 31.4. The van der Waals surface area contributed by atoms with Crippen LogP contribution in [0.4, 0.5) is 5.69 Å². The second-order valence-corrected chi connectivity index (χ2v) is 12.3. The van der Waals surface area contributed by atoms with Gasteiger partial charge in [-0.25, -0.2) is 4.31 Å². The molecule has 40 heavy (non-hydrogen) atoms. The Hall–Kier alpha value is -3.11. The molecule has 0 fully saturated rings. The topological polar surface area (TPSA) is 90.0 Å². The van der Waals surface area contributed by atoms with Gasteiger partial charge in [0.15, 0.2) is 0 Å². The van der Waals surface area contributed by atoms with Crippen molar-refractivity contribution in [2.75, 3.05) is 31.5 Å². The highest BCUT2D eigenvalue weighted by atomic mass is 35.5. The maximum absolute atomic E-state index is 14.1. The van der Waals surface area contributed by atoms with Gasteiger partial charge in [-0.05, 0) is 41.8 Å². The van der Waals surface area contributed by atoms with E-state index in [1.807, 2.05) is 37.3 Å². The van der Waals surface area contributed by atoms with Gasteiger partial charge in [-0.15, -0.1) is 0 Å². The van der Waals surface area contributed by atoms with E-state index >= 15 is 0 Å². The van der Waals surface area contributed by atoms with Gasteiger partial charge in [-0.3, -0.25) is 9.59 Å². The summed E-state index contributed by atoms with van der Waals surface area (Å²) in [4.78, 5) is 29.1. The van der Waals surface area contributed by atoms with Crippen molar-refractivity contribution in [3.63, 3.8) is 0 Å². The SMILES string of the molecule is CCCNC(=O)[C@H](Cc1ccccc1)N(Cc1ccc(Cl)c(Cl)c1)C(=O)CN(c1ccccc1)S(=O)(=O)N(C)C. The average Bonchev–Trinajstić information content (AvgIpc) is 2.94. The fourth-order valence-corrected chi connectivity index (χ4v) is 5.44. The number of carbonyl (C=O) groups is 2. The molecule has 3 aromatic rings. The molecule has 1 N–H and O–H groups in total. The molecular formula is C29H34Cl2N4O4S. The third-order valence-corrected chi connectivity index (χ3v) is 8.78. The zero-order valence-corrected chi connectivity index (χ0v) is 25.1. The molecule has 0 aliphatic carbocycles. The summed E-state index contributed by atoms with van der Waals surface area (Å²) in [5.74, 6) is -0.881. The molecule has 1 atom stereocenters. The fourth-order valence-electron chi connectivity index (χ4n) is 4.07. The van der Waals surface area contributed by atoms with Crippen LogP contribution in [0.2, 0.25) is 10.0 Å². The Kier molecular flexibility index (Phi) is 11.4. The Balaban J connectivity index is 2.08. The molecule has 2 amide bonds. The largest absolute Gasteiger partial charge is 0.354 e. The van der Waals surface area contributed by atoms with E-state index in [4.69, 9.17) is 23.2 Å². The minimum atomic E-state index is -4.04. The van der Waals surface area contributed by atoms with Crippen LogP contribution in [-0.2, 0) is 32.8 Å². The maximum atomic E-state index is 14.1. The highest BCUT2D eigenvalue weighted by molar-refractivity contribution is 7.90. The van der Waals surface area contributed by atoms with Crippen molar-refractivity contribution in [1.82, 2.24) is 14.5 Å². The monoisotopic (exact) mass is 604 g/mol. The van der Waals surface area contributed by atoms with Crippen molar-refractivity contribution in [2.45, 2.75) is 32.4 Å². The number of nitrogens with one attached hydrogen (secondary N) is 1. The zero-order valence-electron chi connectivity index (χ0n) is 22.8. The van der Waals surface area contributed by atoms with E-state index in [2.05, 4.69) is 5.32 Å². The molecule has 0 unspecified atom stereocenters. The number of hydrogen-bond donors (Lipinski definition) is 1. The van der Waals surface area contributed by atoms with Crippen LogP contribution in [0.15, 0.2) is 78.9 Å². The number of rotatable bonds is 13. The summed E-state index contributed by atoms with van der Waals surface area (Å²) in [5, 5.41) is 3.57. The number of benzene rings is 3. The Labute approximate surface area is 246 Å². The molecule has 8 nitrogen and oxygen atoms in total. The first-order chi connectivity index (χ1) is 19.0. The van der Waals surface area contributed by atoms with Gasteiger partial charge in [0.05, 0.1) is 15.7 Å². The summed E-state index contributed by atoms with van der Waals surface area (Å²) in [7, 11) is -1.24. The minimum absolute atomic E-state index is 0.0113. The normalized spacial score (nSPS) is 12.2. The number of amides is 2. The highest BCUT2D eigenvalue weighted by Gasteiger charge is 2.34. The van der Waals surface area contributed by atoms with E-state index in [9.17, 15) is 18.0 Å². The first-order valence-corrected chi connectivity index (χ1v) is 15.0. The van der Waals surface area contributed by atoms with Gasteiger partial charge in [0, 0.05) is 33.6 Å². The van der Waals surface area contributed by atoms with Crippen molar-refractivity contribution >= 4 is 50.9 Å². The summed E-state index contributed by atoms with van der Waals surface area (Å²) >= 11 is 12.4. The standard InChI is InChI=1S/C29H34Cl2N4O4S/c1-4-17-32-29(37)27(19-22-11-7-5-8-12-22)34(20-23-15-16-25(30)26(31)18-23)28(36)21-35(40(38,39)33(2)3)24-13-9-6-10-14-24/h5-16,18,27H,4,17,19-21H2,1-3H3,(H,32,37)/t27-/m0/s1. The van der Waals surface area contributed by atoms with Crippen LogP contribution in [0.1, 0.15) is 24.5 Å². The lowest BCUT2D eigenvalue weighted by molar-refractivity contribution is -0.140. The van der Waals surface area contributed by atoms with Crippen molar-refractivity contribution in [3.05, 3.63) is 100 Å². The van der Waals surface area contributed by atoms with Crippen LogP contribution in [0.25, 0.3) is 0 Å². The van der Waals surface area contributed by atoms with Crippen molar-refractivity contribution < 1.29 is 18.0 Å². The van der Waals surface area contributed by atoms with Gasteiger partial charge >= 0.3 is 10.2 Å². The van der Waals surface area contributed by atoms with E-state index in [-0.39, 0.29) is 18.9 Å². The molecule has 11 heteroatoms. The van der Waals surface area contributed by atoms with Crippen LogP contribution in [0.5, 0.6) is 0 Å². The second-order valence-electron chi connectivity index (χ2n) is 9.40. The lowest BCUT2D eigenvalue weighted by atomic mass is 10.0. The lowest BCUT2D eigenvalue weighted by Crippen LogP contribution is -2.54. The second kappa shape index (κ2) is 14.5. The van der Waals surface area contributed by atoms with Crippen LogP contribution >= 0.6 is 23.2 Å². The predicted molar refractivity (Wildman–Crippen MR) is 161 cm³/mol. The summed E-state index contributed by atoms with van der Waals surface area (Å²) < 4.78 is 28.8. The molecule has 214 valence electrons. The number of para-hydroxylation sites is 1. The molecular weight excluding hydrogens is 571 g/mol. The molecule has 0 radical (unpaired) electrons. The molecule has 3 aromatic carbocycles. The van der Waals surface area contributed by atoms with Crippen molar-refractivity contribution in [2.24, 2.45) is 0 Å². The smallest absolute Gasteiger partial charge is 0.304 e. The Morgan fingerprint density at radius 3 is 2.08 bits per heavy atom. The van der Waals surface area contributed by atoms with E-state index in [1.54, 1.807) is 48.5 Å². The number of carbonyl (C=O) groups excluding carboxylic acids is 2. The first-order valence-electron chi connectivity index (χ1n) is 12.8. The number of anilines is 1. The molecule has 3 rings (SSSR count). The fraction of sp³-hybridized carbons (Fsp3) is 0.310. The predicted octanol–water partition coefficient (Wildman–Crippen LogP) is 4.77. The molecule has 0 saturated heterocycles. The van der Waals surface area contributed by atoms with Gasteiger partial charge in [0.2, 0.25) is 11.8 Å². The van der Waals surface area contributed by atoms with Crippen molar-refractivity contribution in [1.29, 1.82) is 0 Å². The van der Waals surface area contributed by atoms with Crippen LogP contribution in [-0.4, -0.2) is 62.7 Å². The van der Waals surface area contributed by atoms with Crippen LogP contribution in [0.3, 0.4) is 0 Å². The average molecular weight is 606 g/mol. The summed E-state index contributed by atoms with van der Waals surface area (Å²) in [6, 6.07) is 21.8. The molecule has 0 bridgehead atoms. The van der Waals surface area contributed by atoms with Crippen LogP contribution < -0.4 is 9.62 Å².